The molecular formula is C12H14ClN3O3S. The first-order chi connectivity index (χ1) is 9.45. The summed E-state index contributed by atoms with van der Waals surface area (Å²) in [6, 6.07) is 2.84. The number of carbonyl (C=O) groups excluding carboxylic acids is 1. The molecule has 108 valence electrons. The van der Waals surface area contributed by atoms with Crippen molar-refractivity contribution in [2.45, 2.75) is 23.8 Å². The monoisotopic (exact) mass is 315 g/mol. The van der Waals surface area contributed by atoms with E-state index >= 15 is 0 Å². The van der Waals surface area contributed by atoms with Crippen LogP contribution in [-0.4, -0.2) is 33.5 Å². The summed E-state index contributed by atoms with van der Waals surface area (Å²) in [6.07, 6.45) is 0.932. The van der Waals surface area contributed by atoms with E-state index in [0.29, 0.717) is 17.8 Å². The zero-order valence-corrected chi connectivity index (χ0v) is 12.1. The standard InChI is InChI=1S/C12H14ClN3O3S/c13-9-5-10-7(4-12(17)15-10)3-11(9)20(18,19)16-8-1-2-14-6-8/h3,5,8,14,16H,1-2,4,6H2,(H,15,17)/t8-/m1/s1. The molecule has 0 aromatic heterocycles. The molecule has 2 aliphatic heterocycles. The Labute approximate surface area is 121 Å². The molecule has 3 rings (SSSR count). The van der Waals surface area contributed by atoms with Crippen LogP contribution in [-0.2, 0) is 21.2 Å². The summed E-state index contributed by atoms with van der Waals surface area (Å²) in [7, 11) is -3.67. The van der Waals surface area contributed by atoms with Crippen LogP contribution in [0.3, 0.4) is 0 Å². The number of rotatable bonds is 3. The van der Waals surface area contributed by atoms with Gasteiger partial charge >= 0.3 is 0 Å². The zero-order chi connectivity index (χ0) is 14.3. The second kappa shape index (κ2) is 5.00. The first-order valence-electron chi connectivity index (χ1n) is 6.31. The minimum Gasteiger partial charge on any atom is -0.325 e. The van der Waals surface area contributed by atoms with Crippen LogP contribution in [0.1, 0.15) is 12.0 Å². The molecular weight excluding hydrogens is 302 g/mol. The molecule has 0 spiro atoms. The van der Waals surface area contributed by atoms with Gasteiger partial charge in [0.1, 0.15) is 4.90 Å². The maximum absolute atomic E-state index is 12.4. The molecule has 8 heteroatoms. The molecule has 0 aliphatic carbocycles. The zero-order valence-electron chi connectivity index (χ0n) is 10.6. The third-order valence-electron chi connectivity index (χ3n) is 3.45. The summed E-state index contributed by atoms with van der Waals surface area (Å²) in [6.45, 7) is 1.41. The Balaban J connectivity index is 1.93. The van der Waals surface area contributed by atoms with Gasteiger partial charge in [-0.1, -0.05) is 11.6 Å². The SMILES string of the molecule is O=C1Cc2cc(S(=O)(=O)N[C@@H]3CCNC3)c(Cl)cc2N1. The normalized spacial score (nSPS) is 21.9. The van der Waals surface area contributed by atoms with Gasteiger partial charge in [0, 0.05) is 18.3 Å². The van der Waals surface area contributed by atoms with Gasteiger partial charge in [0.15, 0.2) is 0 Å². The predicted octanol–water partition coefficient (Wildman–Crippen LogP) is 0.475. The quantitative estimate of drug-likeness (QED) is 0.757. The fourth-order valence-electron chi connectivity index (χ4n) is 2.47. The first-order valence-corrected chi connectivity index (χ1v) is 8.17. The van der Waals surface area contributed by atoms with Crippen LogP contribution in [0, 0.1) is 0 Å². The average Bonchev–Trinajstić information content (AvgIpc) is 2.95. The molecule has 1 aromatic rings. The van der Waals surface area contributed by atoms with Crippen molar-refractivity contribution in [2.24, 2.45) is 0 Å². The molecule has 0 saturated carbocycles. The van der Waals surface area contributed by atoms with Crippen molar-refractivity contribution in [3.05, 3.63) is 22.7 Å². The summed E-state index contributed by atoms with van der Waals surface area (Å²) >= 11 is 6.04. The highest BCUT2D eigenvalue weighted by Gasteiger charge is 2.27. The number of nitrogens with one attached hydrogen (secondary N) is 3. The summed E-state index contributed by atoms with van der Waals surface area (Å²) in [5.74, 6) is -0.154. The lowest BCUT2D eigenvalue weighted by molar-refractivity contribution is -0.115. The maximum Gasteiger partial charge on any atom is 0.242 e. The number of hydrogen-bond acceptors (Lipinski definition) is 4. The summed E-state index contributed by atoms with van der Waals surface area (Å²) < 4.78 is 27.4. The molecule has 6 nitrogen and oxygen atoms in total. The van der Waals surface area contributed by atoms with Gasteiger partial charge in [0.05, 0.1) is 11.4 Å². The molecule has 1 atom stereocenters. The van der Waals surface area contributed by atoms with E-state index in [9.17, 15) is 13.2 Å². The Morgan fingerprint density at radius 2 is 2.15 bits per heavy atom. The fourth-order valence-corrected chi connectivity index (χ4v) is 4.32. The van der Waals surface area contributed by atoms with Crippen molar-refractivity contribution >= 4 is 33.2 Å². The second-order valence-corrected chi connectivity index (χ2v) is 7.07. The average molecular weight is 316 g/mol. The van der Waals surface area contributed by atoms with Crippen LogP contribution in [0.25, 0.3) is 0 Å². The molecule has 0 radical (unpaired) electrons. The highest BCUT2D eigenvalue weighted by Crippen LogP contribution is 2.32. The van der Waals surface area contributed by atoms with Gasteiger partial charge in [-0.25, -0.2) is 13.1 Å². The Morgan fingerprint density at radius 3 is 2.85 bits per heavy atom. The Hall–Kier alpha value is -1.15. The van der Waals surface area contributed by atoms with Crippen molar-refractivity contribution in [3.63, 3.8) is 0 Å². The van der Waals surface area contributed by atoms with Gasteiger partial charge < -0.3 is 10.6 Å². The van der Waals surface area contributed by atoms with Crippen molar-refractivity contribution in [1.29, 1.82) is 0 Å². The topological polar surface area (TPSA) is 87.3 Å². The number of halogens is 1. The summed E-state index contributed by atoms with van der Waals surface area (Å²) in [4.78, 5) is 11.4. The second-order valence-electron chi connectivity index (χ2n) is 4.98. The van der Waals surface area contributed by atoms with E-state index < -0.39 is 10.0 Å². The molecule has 1 amide bonds. The van der Waals surface area contributed by atoms with E-state index in [1.54, 1.807) is 0 Å². The molecule has 3 N–H and O–H groups in total. The molecule has 2 heterocycles. The Bertz CT molecular complexity index is 669. The number of benzene rings is 1. The van der Waals surface area contributed by atoms with Gasteiger partial charge in [0.25, 0.3) is 0 Å². The van der Waals surface area contributed by atoms with E-state index in [1.807, 2.05) is 0 Å². The smallest absolute Gasteiger partial charge is 0.242 e. The van der Waals surface area contributed by atoms with Crippen molar-refractivity contribution in [3.8, 4) is 0 Å². The molecule has 0 unspecified atom stereocenters. The van der Waals surface area contributed by atoms with Crippen LogP contribution in [0.15, 0.2) is 17.0 Å². The predicted molar refractivity (Wildman–Crippen MR) is 75.4 cm³/mol. The minimum atomic E-state index is -3.67. The van der Waals surface area contributed by atoms with Crippen LogP contribution in [0.2, 0.25) is 5.02 Å². The lowest BCUT2D eigenvalue weighted by atomic mass is 10.2. The molecule has 1 fully saturated rings. The molecule has 2 aliphatic rings. The van der Waals surface area contributed by atoms with Gasteiger partial charge in [-0.15, -0.1) is 0 Å². The number of anilines is 1. The van der Waals surface area contributed by atoms with Gasteiger partial charge in [0.2, 0.25) is 15.9 Å². The van der Waals surface area contributed by atoms with E-state index in [-0.39, 0.29) is 28.3 Å². The highest BCUT2D eigenvalue weighted by atomic mass is 35.5. The largest absolute Gasteiger partial charge is 0.325 e. The molecule has 1 saturated heterocycles. The summed E-state index contributed by atoms with van der Waals surface area (Å²) in [5, 5.41) is 5.85. The van der Waals surface area contributed by atoms with Crippen molar-refractivity contribution in [1.82, 2.24) is 10.0 Å². The van der Waals surface area contributed by atoms with Crippen LogP contribution in [0.5, 0.6) is 0 Å². The first kappa shape index (κ1) is 13.8. The lowest BCUT2D eigenvalue weighted by Gasteiger charge is -2.14. The molecule has 0 bridgehead atoms. The minimum absolute atomic E-state index is 0.0290. The molecule has 20 heavy (non-hydrogen) atoms. The summed E-state index contributed by atoms with van der Waals surface area (Å²) in [5.41, 5.74) is 1.24. The number of sulfonamides is 1. The number of amides is 1. The van der Waals surface area contributed by atoms with Gasteiger partial charge in [-0.05, 0) is 30.7 Å². The van der Waals surface area contributed by atoms with Gasteiger partial charge in [-0.2, -0.15) is 0 Å². The van der Waals surface area contributed by atoms with E-state index in [0.717, 1.165) is 13.0 Å². The fraction of sp³-hybridized carbons (Fsp3) is 0.417. The Morgan fingerprint density at radius 1 is 1.35 bits per heavy atom. The Kier molecular flexibility index (Phi) is 3.45. The van der Waals surface area contributed by atoms with Gasteiger partial charge in [-0.3, -0.25) is 4.79 Å². The third-order valence-corrected chi connectivity index (χ3v) is 5.44. The van der Waals surface area contributed by atoms with Crippen molar-refractivity contribution < 1.29 is 13.2 Å². The number of hydrogen-bond donors (Lipinski definition) is 3. The lowest BCUT2D eigenvalue weighted by Crippen LogP contribution is -2.36. The number of fused-ring (bicyclic) bond motifs is 1. The van der Waals surface area contributed by atoms with Crippen LogP contribution < -0.4 is 15.4 Å². The van der Waals surface area contributed by atoms with Crippen molar-refractivity contribution in [2.75, 3.05) is 18.4 Å². The highest BCUT2D eigenvalue weighted by molar-refractivity contribution is 7.89. The van der Waals surface area contributed by atoms with Crippen LogP contribution in [0.4, 0.5) is 5.69 Å². The van der Waals surface area contributed by atoms with E-state index in [4.69, 9.17) is 11.6 Å². The maximum atomic E-state index is 12.4. The van der Waals surface area contributed by atoms with Crippen LogP contribution >= 0.6 is 11.6 Å². The third kappa shape index (κ3) is 2.54. The number of carbonyl (C=O) groups is 1. The van der Waals surface area contributed by atoms with E-state index in [2.05, 4.69) is 15.4 Å². The molecule has 1 aromatic carbocycles. The van der Waals surface area contributed by atoms with E-state index in [1.165, 1.54) is 12.1 Å².